The normalized spacial score (nSPS) is 19.7. The van der Waals surface area contributed by atoms with Crippen molar-refractivity contribution in [3.05, 3.63) is 23.8 Å². The van der Waals surface area contributed by atoms with E-state index in [4.69, 9.17) is 9.47 Å². The molecule has 2 aliphatic heterocycles. The third kappa shape index (κ3) is 3.24. The summed E-state index contributed by atoms with van der Waals surface area (Å²) < 4.78 is 34.8. The highest BCUT2D eigenvalue weighted by atomic mass is 32.2. The third-order valence-electron chi connectivity index (χ3n) is 3.72. The monoisotopic (exact) mass is 340 g/mol. The molecule has 0 saturated carbocycles. The highest BCUT2D eigenvalue weighted by Crippen LogP contribution is 2.33. The molecule has 0 spiro atoms. The van der Waals surface area contributed by atoms with Crippen LogP contribution in [0.3, 0.4) is 0 Å². The van der Waals surface area contributed by atoms with E-state index in [0.717, 1.165) is 6.26 Å². The Hall–Kier alpha value is -2.29. The van der Waals surface area contributed by atoms with Crippen LogP contribution in [0, 0.1) is 0 Å². The van der Waals surface area contributed by atoms with Crippen LogP contribution in [0.25, 0.3) is 0 Å². The zero-order valence-electron chi connectivity index (χ0n) is 12.4. The van der Waals surface area contributed by atoms with Crippen molar-refractivity contribution in [1.82, 2.24) is 9.62 Å². The van der Waals surface area contributed by atoms with E-state index >= 15 is 0 Å². The lowest BCUT2D eigenvalue weighted by Crippen LogP contribution is -2.47. The molecule has 0 aliphatic carbocycles. The highest BCUT2D eigenvalue weighted by Gasteiger charge is 2.36. The molecular weight excluding hydrogens is 324 g/mol. The summed E-state index contributed by atoms with van der Waals surface area (Å²) in [7, 11) is -3.66. The van der Waals surface area contributed by atoms with Gasteiger partial charge in [-0.15, -0.1) is 0 Å². The number of amides is 2. The van der Waals surface area contributed by atoms with Crippen LogP contribution in [0.5, 0.6) is 11.5 Å². The molecule has 0 bridgehead atoms. The summed E-state index contributed by atoms with van der Waals surface area (Å²) in [6.07, 6.45) is 1.97. The topological polar surface area (TPSA) is 102 Å². The van der Waals surface area contributed by atoms with E-state index in [9.17, 15) is 18.0 Å². The molecule has 8 nitrogen and oxygen atoms in total. The number of hydrogen-bond donors (Lipinski definition) is 1. The first-order valence-electron chi connectivity index (χ1n) is 7.07. The SMILES string of the molecule is CS(=O)(=O)NC(=O)C1CCCN1C(=O)c1ccc2c(c1)OCO2. The Labute approximate surface area is 133 Å². The Morgan fingerprint density at radius 1 is 1.26 bits per heavy atom. The van der Waals surface area contributed by atoms with Crippen molar-refractivity contribution < 1.29 is 27.5 Å². The van der Waals surface area contributed by atoms with Crippen LogP contribution < -0.4 is 14.2 Å². The maximum absolute atomic E-state index is 12.6. The molecule has 0 radical (unpaired) electrons. The number of likely N-dealkylation sites (tertiary alicyclic amines) is 1. The molecule has 124 valence electrons. The summed E-state index contributed by atoms with van der Waals surface area (Å²) >= 11 is 0. The Morgan fingerprint density at radius 2 is 2.00 bits per heavy atom. The molecule has 23 heavy (non-hydrogen) atoms. The molecule has 2 amide bonds. The number of rotatable bonds is 3. The molecule has 3 rings (SSSR count). The molecule has 2 aliphatic rings. The molecule has 1 saturated heterocycles. The Balaban J connectivity index is 1.79. The number of sulfonamides is 1. The summed E-state index contributed by atoms with van der Waals surface area (Å²) in [6, 6.07) is 4.01. The van der Waals surface area contributed by atoms with Gasteiger partial charge < -0.3 is 14.4 Å². The average Bonchev–Trinajstić information content (AvgIpc) is 3.12. The van der Waals surface area contributed by atoms with Gasteiger partial charge in [0.1, 0.15) is 6.04 Å². The van der Waals surface area contributed by atoms with Gasteiger partial charge in [0.25, 0.3) is 11.8 Å². The summed E-state index contributed by atoms with van der Waals surface area (Å²) in [5, 5.41) is 0. The van der Waals surface area contributed by atoms with Crippen molar-refractivity contribution in [2.75, 3.05) is 19.6 Å². The van der Waals surface area contributed by atoms with E-state index < -0.39 is 22.0 Å². The fourth-order valence-corrected chi connectivity index (χ4v) is 3.23. The largest absolute Gasteiger partial charge is 0.454 e. The number of carbonyl (C=O) groups is 2. The van der Waals surface area contributed by atoms with Crippen molar-refractivity contribution in [1.29, 1.82) is 0 Å². The van der Waals surface area contributed by atoms with Gasteiger partial charge in [0.2, 0.25) is 16.8 Å². The number of carbonyl (C=O) groups excluding carboxylic acids is 2. The second-order valence-electron chi connectivity index (χ2n) is 5.46. The molecule has 1 N–H and O–H groups in total. The minimum absolute atomic E-state index is 0.107. The Morgan fingerprint density at radius 3 is 2.74 bits per heavy atom. The van der Waals surface area contributed by atoms with Crippen molar-refractivity contribution >= 4 is 21.8 Å². The summed E-state index contributed by atoms with van der Waals surface area (Å²) in [6.45, 7) is 0.505. The minimum Gasteiger partial charge on any atom is -0.454 e. The second kappa shape index (κ2) is 5.73. The third-order valence-corrected chi connectivity index (χ3v) is 4.29. The van der Waals surface area contributed by atoms with Crippen LogP contribution in [-0.4, -0.2) is 50.8 Å². The molecule has 0 aromatic heterocycles. The number of fused-ring (bicyclic) bond motifs is 1. The van der Waals surface area contributed by atoms with Crippen molar-refractivity contribution in [2.24, 2.45) is 0 Å². The van der Waals surface area contributed by atoms with Crippen LogP contribution in [0.4, 0.5) is 0 Å². The number of hydrogen-bond acceptors (Lipinski definition) is 6. The van der Waals surface area contributed by atoms with Crippen molar-refractivity contribution in [3.63, 3.8) is 0 Å². The van der Waals surface area contributed by atoms with E-state index in [1.165, 1.54) is 4.90 Å². The first-order chi connectivity index (χ1) is 10.8. The van der Waals surface area contributed by atoms with Crippen LogP contribution >= 0.6 is 0 Å². The summed E-state index contributed by atoms with van der Waals surface area (Å²) in [5.74, 6) is 0.0232. The van der Waals surface area contributed by atoms with Gasteiger partial charge in [-0.25, -0.2) is 8.42 Å². The zero-order valence-corrected chi connectivity index (χ0v) is 13.3. The predicted octanol–water partition coefficient (Wildman–Crippen LogP) is 0.0957. The molecule has 2 heterocycles. The zero-order chi connectivity index (χ0) is 16.6. The molecule has 1 atom stereocenters. The number of nitrogens with one attached hydrogen (secondary N) is 1. The smallest absolute Gasteiger partial charge is 0.256 e. The lowest BCUT2D eigenvalue weighted by atomic mass is 10.1. The Kier molecular flexibility index (Phi) is 3.88. The first-order valence-corrected chi connectivity index (χ1v) is 8.96. The van der Waals surface area contributed by atoms with E-state index in [1.807, 2.05) is 4.72 Å². The Bertz CT molecular complexity index is 761. The van der Waals surface area contributed by atoms with Crippen LogP contribution in [-0.2, 0) is 14.8 Å². The lowest BCUT2D eigenvalue weighted by Gasteiger charge is -2.23. The highest BCUT2D eigenvalue weighted by molar-refractivity contribution is 7.89. The average molecular weight is 340 g/mol. The second-order valence-corrected chi connectivity index (χ2v) is 7.21. The fourth-order valence-electron chi connectivity index (χ4n) is 2.73. The van der Waals surface area contributed by atoms with Crippen LogP contribution in [0.1, 0.15) is 23.2 Å². The predicted molar refractivity (Wildman–Crippen MR) is 79.6 cm³/mol. The van der Waals surface area contributed by atoms with Gasteiger partial charge >= 0.3 is 0 Å². The van der Waals surface area contributed by atoms with E-state index in [2.05, 4.69) is 0 Å². The van der Waals surface area contributed by atoms with Gasteiger partial charge in [0.15, 0.2) is 11.5 Å². The van der Waals surface area contributed by atoms with E-state index in [-0.39, 0.29) is 12.7 Å². The number of benzene rings is 1. The fraction of sp³-hybridized carbons (Fsp3) is 0.429. The van der Waals surface area contributed by atoms with Gasteiger partial charge in [0.05, 0.1) is 6.26 Å². The lowest BCUT2D eigenvalue weighted by molar-refractivity contribution is -0.123. The molecular formula is C14H16N2O6S. The molecule has 1 aromatic carbocycles. The van der Waals surface area contributed by atoms with Crippen molar-refractivity contribution in [2.45, 2.75) is 18.9 Å². The number of ether oxygens (including phenoxy) is 2. The molecule has 1 unspecified atom stereocenters. The van der Waals surface area contributed by atoms with E-state index in [1.54, 1.807) is 18.2 Å². The van der Waals surface area contributed by atoms with E-state index in [0.29, 0.717) is 36.4 Å². The van der Waals surface area contributed by atoms with Gasteiger partial charge in [-0.3, -0.25) is 14.3 Å². The van der Waals surface area contributed by atoms with Gasteiger partial charge in [-0.2, -0.15) is 0 Å². The van der Waals surface area contributed by atoms with Gasteiger partial charge in [-0.05, 0) is 31.0 Å². The first kappa shape index (κ1) is 15.6. The maximum Gasteiger partial charge on any atom is 0.256 e. The summed E-state index contributed by atoms with van der Waals surface area (Å²) in [4.78, 5) is 26.1. The molecule has 1 aromatic rings. The maximum atomic E-state index is 12.6. The molecule has 1 fully saturated rings. The quantitative estimate of drug-likeness (QED) is 0.837. The van der Waals surface area contributed by atoms with Crippen LogP contribution in [0.2, 0.25) is 0 Å². The molecule has 9 heteroatoms. The standard InChI is InChI=1S/C14H16N2O6S/c1-23(19,20)15-13(17)10-3-2-6-16(10)14(18)9-4-5-11-12(7-9)22-8-21-11/h4-5,7,10H,2-3,6,8H2,1H3,(H,15,17). The minimum atomic E-state index is -3.66. The number of nitrogens with zero attached hydrogens (tertiary/aromatic N) is 1. The van der Waals surface area contributed by atoms with Crippen molar-refractivity contribution in [3.8, 4) is 11.5 Å². The van der Waals surface area contributed by atoms with Crippen LogP contribution in [0.15, 0.2) is 18.2 Å². The van der Waals surface area contributed by atoms with Gasteiger partial charge in [-0.1, -0.05) is 0 Å². The summed E-state index contributed by atoms with van der Waals surface area (Å²) in [5.41, 5.74) is 0.369. The van der Waals surface area contributed by atoms with Gasteiger partial charge in [0, 0.05) is 12.1 Å².